The van der Waals surface area contributed by atoms with Crippen LogP contribution in [0.3, 0.4) is 0 Å². The van der Waals surface area contributed by atoms with Crippen molar-refractivity contribution in [2.24, 2.45) is 5.92 Å². The highest BCUT2D eigenvalue weighted by Gasteiger charge is 2.02. The van der Waals surface area contributed by atoms with E-state index < -0.39 is 0 Å². The predicted molar refractivity (Wildman–Crippen MR) is 90.1 cm³/mol. The van der Waals surface area contributed by atoms with Crippen molar-refractivity contribution in [1.82, 2.24) is 0 Å². The molecule has 0 bridgehead atoms. The highest BCUT2D eigenvalue weighted by molar-refractivity contribution is 5.78. The first kappa shape index (κ1) is 16.3. The first-order valence-electron chi connectivity index (χ1n) is 7.82. The molecule has 2 aromatic carbocycles. The monoisotopic (exact) mass is 296 g/mol. The van der Waals surface area contributed by atoms with Crippen molar-refractivity contribution in [2.75, 3.05) is 0 Å². The Hall–Kier alpha value is -2.09. The molecule has 116 valence electrons. The summed E-state index contributed by atoms with van der Waals surface area (Å²) in [5.41, 5.74) is 3.52. The number of Topliss-reactive ketones (excluding diaryl/α,β-unsaturated/α-hetero) is 1. The predicted octanol–water partition coefficient (Wildman–Crippen LogP) is 4.60. The van der Waals surface area contributed by atoms with E-state index in [0.717, 1.165) is 23.3 Å². The molecule has 0 atom stereocenters. The lowest BCUT2D eigenvalue weighted by Crippen LogP contribution is -1.99. The molecule has 0 aliphatic heterocycles. The average Bonchev–Trinajstić information content (AvgIpc) is 2.46. The molecule has 0 N–H and O–H groups in total. The summed E-state index contributed by atoms with van der Waals surface area (Å²) in [6.45, 7) is 6.60. The van der Waals surface area contributed by atoms with Gasteiger partial charge in [-0.3, -0.25) is 4.79 Å². The van der Waals surface area contributed by atoms with E-state index in [-0.39, 0.29) is 5.78 Å². The van der Waals surface area contributed by atoms with E-state index in [2.05, 4.69) is 38.1 Å². The van der Waals surface area contributed by atoms with Gasteiger partial charge in [-0.25, -0.2) is 0 Å². The summed E-state index contributed by atoms with van der Waals surface area (Å²) in [7, 11) is 0. The number of benzene rings is 2. The second-order valence-corrected chi connectivity index (χ2v) is 6.23. The van der Waals surface area contributed by atoms with Gasteiger partial charge in [0.05, 0.1) is 0 Å². The molecule has 0 saturated heterocycles. The van der Waals surface area contributed by atoms with Crippen LogP contribution in [-0.2, 0) is 24.2 Å². The lowest BCUT2D eigenvalue weighted by molar-refractivity contribution is -0.116. The minimum absolute atomic E-state index is 0.165. The molecule has 2 rings (SSSR count). The summed E-state index contributed by atoms with van der Waals surface area (Å²) < 4.78 is 5.82. The van der Waals surface area contributed by atoms with Crippen LogP contribution in [0.2, 0.25) is 0 Å². The summed E-state index contributed by atoms with van der Waals surface area (Å²) in [5.74, 6) is 1.65. The Balaban J connectivity index is 1.93. The van der Waals surface area contributed by atoms with Crippen molar-refractivity contribution in [3.8, 4) is 5.75 Å². The molecule has 0 spiro atoms. The first-order valence-corrected chi connectivity index (χ1v) is 7.82. The molecule has 0 heterocycles. The highest BCUT2D eigenvalue weighted by atomic mass is 16.5. The SMILES string of the molecule is CC(=O)Cc1cccc(OCc2ccc(CC(C)C)cc2)c1. The Bertz CT molecular complexity index is 612. The molecular weight excluding hydrogens is 272 g/mol. The molecule has 2 heteroatoms. The zero-order valence-electron chi connectivity index (χ0n) is 13.6. The van der Waals surface area contributed by atoms with Crippen LogP contribution in [0.15, 0.2) is 48.5 Å². The van der Waals surface area contributed by atoms with Crippen LogP contribution in [-0.4, -0.2) is 5.78 Å². The largest absolute Gasteiger partial charge is 0.489 e. The zero-order valence-corrected chi connectivity index (χ0v) is 13.6. The molecule has 0 aromatic heterocycles. The van der Waals surface area contributed by atoms with Crippen molar-refractivity contribution in [3.63, 3.8) is 0 Å². The van der Waals surface area contributed by atoms with Crippen LogP contribution in [0, 0.1) is 5.92 Å². The summed E-state index contributed by atoms with van der Waals surface area (Å²) in [6.07, 6.45) is 1.56. The van der Waals surface area contributed by atoms with Gasteiger partial charge in [0.1, 0.15) is 18.1 Å². The molecule has 22 heavy (non-hydrogen) atoms. The maximum Gasteiger partial charge on any atom is 0.134 e. The Morgan fingerprint density at radius 3 is 2.32 bits per heavy atom. The first-order chi connectivity index (χ1) is 10.5. The molecule has 0 unspecified atom stereocenters. The summed E-state index contributed by atoms with van der Waals surface area (Å²) in [6, 6.07) is 16.3. The molecule has 2 aromatic rings. The Labute approximate surface area is 133 Å². The van der Waals surface area contributed by atoms with Crippen LogP contribution < -0.4 is 4.74 Å². The number of ketones is 1. The zero-order chi connectivity index (χ0) is 15.9. The maximum atomic E-state index is 11.2. The lowest BCUT2D eigenvalue weighted by Gasteiger charge is -2.09. The van der Waals surface area contributed by atoms with E-state index in [9.17, 15) is 4.79 Å². The van der Waals surface area contributed by atoms with Crippen molar-refractivity contribution in [2.45, 2.75) is 40.2 Å². The van der Waals surface area contributed by atoms with E-state index in [1.165, 1.54) is 5.56 Å². The van der Waals surface area contributed by atoms with Gasteiger partial charge in [0.2, 0.25) is 0 Å². The molecule has 0 aliphatic rings. The second-order valence-electron chi connectivity index (χ2n) is 6.23. The van der Waals surface area contributed by atoms with Crippen molar-refractivity contribution >= 4 is 5.78 Å². The Kier molecular flexibility index (Phi) is 5.76. The van der Waals surface area contributed by atoms with Gasteiger partial charge in [-0.1, -0.05) is 50.2 Å². The van der Waals surface area contributed by atoms with E-state index >= 15 is 0 Å². The van der Waals surface area contributed by atoms with E-state index in [4.69, 9.17) is 4.74 Å². The smallest absolute Gasteiger partial charge is 0.134 e. The van der Waals surface area contributed by atoms with Crippen LogP contribution in [0.1, 0.15) is 37.5 Å². The average molecular weight is 296 g/mol. The fourth-order valence-corrected chi connectivity index (χ4v) is 2.44. The fraction of sp³-hybridized carbons (Fsp3) is 0.350. The van der Waals surface area contributed by atoms with Gasteiger partial charge < -0.3 is 4.74 Å². The van der Waals surface area contributed by atoms with E-state index in [1.54, 1.807) is 6.92 Å². The van der Waals surface area contributed by atoms with Gasteiger partial charge in [0, 0.05) is 6.42 Å². The Morgan fingerprint density at radius 2 is 1.68 bits per heavy atom. The number of rotatable bonds is 7. The molecule has 0 aliphatic carbocycles. The highest BCUT2D eigenvalue weighted by Crippen LogP contribution is 2.16. The third-order valence-corrected chi connectivity index (χ3v) is 3.42. The van der Waals surface area contributed by atoms with Crippen molar-refractivity contribution < 1.29 is 9.53 Å². The molecule has 0 fully saturated rings. The molecular formula is C20H24O2. The van der Waals surface area contributed by atoms with Gasteiger partial charge in [0.25, 0.3) is 0 Å². The van der Waals surface area contributed by atoms with Gasteiger partial charge in [-0.15, -0.1) is 0 Å². The van der Waals surface area contributed by atoms with Gasteiger partial charge in [0.15, 0.2) is 0 Å². The minimum Gasteiger partial charge on any atom is -0.489 e. The van der Waals surface area contributed by atoms with Crippen LogP contribution in [0.5, 0.6) is 5.75 Å². The van der Waals surface area contributed by atoms with Crippen LogP contribution >= 0.6 is 0 Å². The second kappa shape index (κ2) is 7.79. The molecule has 0 radical (unpaired) electrons. The quantitative estimate of drug-likeness (QED) is 0.746. The van der Waals surface area contributed by atoms with Crippen LogP contribution in [0.4, 0.5) is 0 Å². The maximum absolute atomic E-state index is 11.2. The van der Waals surface area contributed by atoms with Gasteiger partial charge in [-0.2, -0.15) is 0 Å². The number of ether oxygens (including phenoxy) is 1. The third-order valence-electron chi connectivity index (χ3n) is 3.42. The summed E-state index contributed by atoms with van der Waals surface area (Å²) >= 11 is 0. The Morgan fingerprint density at radius 1 is 1.00 bits per heavy atom. The fourth-order valence-electron chi connectivity index (χ4n) is 2.44. The summed E-state index contributed by atoms with van der Waals surface area (Å²) in [4.78, 5) is 11.2. The standard InChI is InChI=1S/C20H24O2/c1-15(2)11-17-7-9-18(10-8-17)14-22-20-6-4-5-19(13-20)12-16(3)21/h4-10,13,15H,11-12,14H2,1-3H3. The number of carbonyl (C=O) groups excluding carboxylic acids is 1. The van der Waals surface area contributed by atoms with Gasteiger partial charge in [-0.05, 0) is 48.1 Å². The topological polar surface area (TPSA) is 26.3 Å². The van der Waals surface area contributed by atoms with Crippen molar-refractivity contribution in [1.29, 1.82) is 0 Å². The number of carbonyl (C=O) groups is 1. The molecule has 2 nitrogen and oxygen atoms in total. The number of hydrogen-bond acceptors (Lipinski definition) is 2. The molecule has 0 amide bonds. The normalized spacial score (nSPS) is 10.7. The van der Waals surface area contributed by atoms with E-state index in [1.807, 2.05) is 24.3 Å². The summed E-state index contributed by atoms with van der Waals surface area (Å²) in [5, 5.41) is 0. The lowest BCUT2D eigenvalue weighted by atomic mass is 10.0. The van der Waals surface area contributed by atoms with Crippen molar-refractivity contribution in [3.05, 3.63) is 65.2 Å². The number of hydrogen-bond donors (Lipinski definition) is 0. The minimum atomic E-state index is 0.165. The molecule has 0 saturated carbocycles. The van der Waals surface area contributed by atoms with Crippen LogP contribution in [0.25, 0.3) is 0 Å². The van der Waals surface area contributed by atoms with Gasteiger partial charge >= 0.3 is 0 Å². The van der Waals surface area contributed by atoms with E-state index in [0.29, 0.717) is 18.9 Å². The third kappa shape index (κ3) is 5.36.